The van der Waals surface area contributed by atoms with E-state index >= 15 is 0 Å². The quantitative estimate of drug-likeness (QED) is 0.902. The van der Waals surface area contributed by atoms with Crippen LogP contribution in [0.15, 0.2) is 24.3 Å². The summed E-state index contributed by atoms with van der Waals surface area (Å²) in [6.07, 6.45) is 2.09. The van der Waals surface area contributed by atoms with Crippen LogP contribution in [0.4, 0.5) is 5.69 Å². The van der Waals surface area contributed by atoms with Crippen LogP contribution in [0.3, 0.4) is 0 Å². The topological polar surface area (TPSA) is 35.6 Å². The second kappa shape index (κ2) is 6.02. The van der Waals surface area contributed by atoms with Crippen molar-refractivity contribution in [3.63, 3.8) is 0 Å². The molecule has 0 spiro atoms. The lowest BCUT2D eigenvalue weighted by atomic mass is 10.1. The van der Waals surface area contributed by atoms with Crippen LogP contribution in [0.25, 0.3) is 0 Å². The summed E-state index contributed by atoms with van der Waals surface area (Å²) in [6.45, 7) is 4.31. The fourth-order valence-corrected chi connectivity index (χ4v) is 3.16. The van der Waals surface area contributed by atoms with Crippen LogP contribution in [0.1, 0.15) is 12.8 Å². The summed E-state index contributed by atoms with van der Waals surface area (Å²) in [5, 5.41) is 4.04. The Morgan fingerprint density at radius 1 is 1.25 bits per heavy atom. The first-order chi connectivity index (χ1) is 9.74. The molecule has 4 nitrogen and oxygen atoms in total. The Morgan fingerprint density at radius 2 is 2.05 bits per heavy atom. The molecule has 0 bridgehead atoms. The number of rotatable bonds is 2. The van der Waals surface area contributed by atoms with Crippen molar-refractivity contribution in [3.8, 4) is 0 Å². The average Bonchev–Trinajstić information content (AvgIpc) is 3.01. The summed E-state index contributed by atoms with van der Waals surface area (Å²) in [6, 6.07) is 7.96. The van der Waals surface area contributed by atoms with Crippen molar-refractivity contribution < 1.29 is 4.79 Å². The number of carbonyl (C=O) groups is 1. The Morgan fingerprint density at radius 3 is 2.70 bits per heavy atom. The Labute approximate surface area is 124 Å². The molecular formula is C15H20ClN3O. The molecule has 2 aliphatic rings. The van der Waals surface area contributed by atoms with E-state index in [1.54, 1.807) is 0 Å². The van der Waals surface area contributed by atoms with Gasteiger partial charge < -0.3 is 15.1 Å². The molecule has 1 amide bonds. The first-order valence-electron chi connectivity index (χ1n) is 7.27. The van der Waals surface area contributed by atoms with Gasteiger partial charge in [0, 0.05) is 36.9 Å². The van der Waals surface area contributed by atoms with Crippen LogP contribution in [0.2, 0.25) is 5.02 Å². The van der Waals surface area contributed by atoms with E-state index in [-0.39, 0.29) is 11.9 Å². The average molecular weight is 294 g/mol. The molecule has 20 heavy (non-hydrogen) atoms. The predicted molar refractivity (Wildman–Crippen MR) is 81.3 cm³/mol. The van der Waals surface area contributed by atoms with Crippen LogP contribution in [-0.2, 0) is 4.79 Å². The van der Waals surface area contributed by atoms with Gasteiger partial charge in [0.15, 0.2) is 0 Å². The molecule has 108 valence electrons. The van der Waals surface area contributed by atoms with Gasteiger partial charge in [0.1, 0.15) is 0 Å². The minimum atomic E-state index is 0.0488. The first kappa shape index (κ1) is 13.7. The van der Waals surface area contributed by atoms with Crippen LogP contribution in [0, 0.1) is 0 Å². The standard InChI is InChI=1S/C15H20ClN3O/c16-12-3-1-4-13(11-12)18-7-9-19(10-8-18)15(20)14-5-2-6-17-14/h1,3-4,11,14,17H,2,5-10H2/t14-/m1/s1. The third-order valence-electron chi connectivity index (χ3n) is 4.12. The predicted octanol–water partition coefficient (Wildman–Crippen LogP) is 1.74. The molecular weight excluding hydrogens is 274 g/mol. The zero-order valence-electron chi connectivity index (χ0n) is 11.5. The minimum Gasteiger partial charge on any atom is -0.368 e. The highest BCUT2D eigenvalue weighted by atomic mass is 35.5. The Bertz CT molecular complexity index is 480. The fraction of sp³-hybridized carbons (Fsp3) is 0.533. The number of hydrogen-bond donors (Lipinski definition) is 1. The van der Waals surface area contributed by atoms with Crippen molar-refractivity contribution in [2.24, 2.45) is 0 Å². The Kier molecular flexibility index (Phi) is 4.13. The summed E-state index contributed by atoms with van der Waals surface area (Å²) >= 11 is 6.03. The summed E-state index contributed by atoms with van der Waals surface area (Å²) in [5.74, 6) is 0.272. The number of halogens is 1. The summed E-state index contributed by atoms with van der Waals surface area (Å²) in [5.41, 5.74) is 1.14. The second-order valence-corrected chi connectivity index (χ2v) is 5.88. The van der Waals surface area contributed by atoms with E-state index in [1.807, 2.05) is 23.1 Å². The van der Waals surface area contributed by atoms with Crippen molar-refractivity contribution in [1.82, 2.24) is 10.2 Å². The number of nitrogens with zero attached hydrogens (tertiary/aromatic N) is 2. The number of amides is 1. The number of anilines is 1. The number of piperazine rings is 1. The van der Waals surface area contributed by atoms with Gasteiger partial charge in [0.2, 0.25) is 5.91 Å². The molecule has 1 aromatic carbocycles. The lowest BCUT2D eigenvalue weighted by Crippen LogP contribution is -2.53. The molecule has 2 fully saturated rings. The van der Waals surface area contributed by atoms with E-state index < -0.39 is 0 Å². The maximum atomic E-state index is 12.3. The molecule has 0 saturated carbocycles. The molecule has 0 unspecified atom stereocenters. The number of hydrogen-bond acceptors (Lipinski definition) is 3. The monoisotopic (exact) mass is 293 g/mol. The molecule has 5 heteroatoms. The van der Waals surface area contributed by atoms with Crippen molar-refractivity contribution in [2.75, 3.05) is 37.6 Å². The van der Waals surface area contributed by atoms with E-state index in [0.29, 0.717) is 0 Å². The van der Waals surface area contributed by atoms with Crippen molar-refractivity contribution >= 4 is 23.2 Å². The van der Waals surface area contributed by atoms with Crippen LogP contribution in [-0.4, -0.2) is 49.6 Å². The molecule has 1 atom stereocenters. The smallest absolute Gasteiger partial charge is 0.239 e. The van der Waals surface area contributed by atoms with Crippen LogP contribution in [0.5, 0.6) is 0 Å². The van der Waals surface area contributed by atoms with Gasteiger partial charge in [-0.2, -0.15) is 0 Å². The number of carbonyl (C=O) groups excluding carboxylic acids is 1. The van der Waals surface area contributed by atoms with E-state index in [9.17, 15) is 4.79 Å². The maximum Gasteiger partial charge on any atom is 0.239 e. The molecule has 2 saturated heterocycles. The van der Waals surface area contributed by atoms with Gasteiger partial charge in [0.25, 0.3) is 0 Å². The molecule has 0 aliphatic carbocycles. The molecule has 2 heterocycles. The Balaban J connectivity index is 1.58. The summed E-state index contributed by atoms with van der Waals surface area (Å²) < 4.78 is 0. The second-order valence-electron chi connectivity index (χ2n) is 5.44. The van der Waals surface area contributed by atoms with Gasteiger partial charge in [-0.15, -0.1) is 0 Å². The fourth-order valence-electron chi connectivity index (χ4n) is 2.97. The molecule has 1 N–H and O–H groups in total. The summed E-state index contributed by atoms with van der Waals surface area (Å²) in [7, 11) is 0. The lowest BCUT2D eigenvalue weighted by Gasteiger charge is -2.37. The largest absolute Gasteiger partial charge is 0.368 e. The first-order valence-corrected chi connectivity index (χ1v) is 7.64. The van der Waals surface area contributed by atoms with Gasteiger partial charge in [-0.3, -0.25) is 4.79 Å². The van der Waals surface area contributed by atoms with Gasteiger partial charge in [-0.25, -0.2) is 0 Å². The highest BCUT2D eigenvalue weighted by Crippen LogP contribution is 2.21. The van der Waals surface area contributed by atoms with Crippen LogP contribution < -0.4 is 10.2 Å². The number of benzene rings is 1. The summed E-state index contributed by atoms with van der Waals surface area (Å²) in [4.78, 5) is 16.6. The highest BCUT2D eigenvalue weighted by Gasteiger charge is 2.29. The molecule has 1 aromatic rings. The van der Waals surface area contributed by atoms with Gasteiger partial charge in [-0.1, -0.05) is 17.7 Å². The zero-order chi connectivity index (χ0) is 13.9. The molecule has 2 aliphatic heterocycles. The molecule has 0 radical (unpaired) electrons. The maximum absolute atomic E-state index is 12.3. The SMILES string of the molecule is O=C([C@H]1CCCN1)N1CCN(c2cccc(Cl)c2)CC1. The third-order valence-corrected chi connectivity index (χ3v) is 4.36. The lowest BCUT2D eigenvalue weighted by molar-refractivity contribution is -0.133. The van der Waals surface area contributed by atoms with Gasteiger partial charge in [-0.05, 0) is 37.6 Å². The van der Waals surface area contributed by atoms with E-state index in [0.717, 1.165) is 56.3 Å². The van der Waals surface area contributed by atoms with Crippen molar-refractivity contribution in [1.29, 1.82) is 0 Å². The van der Waals surface area contributed by atoms with Crippen LogP contribution >= 0.6 is 11.6 Å². The van der Waals surface area contributed by atoms with E-state index in [2.05, 4.69) is 16.3 Å². The van der Waals surface area contributed by atoms with Crippen molar-refractivity contribution in [2.45, 2.75) is 18.9 Å². The Hall–Kier alpha value is -1.26. The van der Waals surface area contributed by atoms with E-state index in [1.165, 1.54) is 0 Å². The van der Waals surface area contributed by atoms with Gasteiger partial charge in [0.05, 0.1) is 6.04 Å². The van der Waals surface area contributed by atoms with E-state index in [4.69, 9.17) is 11.6 Å². The highest BCUT2D eigenvalue weighted by molar-refractivity contribution is 6.30. The third kappa shape index (κ3) is 2.91. The molecule has 0 aromatic heterocycles. The minimum absolute atomic E-state index is 0.0488. The number of nitrogens with one attached hydrogen (secondary N) is 1. The molecule has 3 rings (SSSR count). The van der Waals surface area contributed by atoms with Crippen molar-refractivity contribution in [3.05, 3.63) is 29.3 Å². The zero-order valence-corrected chi connectivity index (χ0v) is 12.3. The van der Waals surface area contributed by atoms with Gasteiger partial charge >= 0.3 is 0 Å². The normalized spacial score (nSPS) is 23.1.